The van der Waals surface area contributed by atoms with E-state index in [0.717, 1.165) is 22.4 Å². The van der Waals surface area contributed by atoms with Crippen molar-refractivity contribution < 1.29 is 73.7 Å². The molecule has 440 valence electrons. The number of para-hydroxylation sites is 1. The second kappa shape index (κ2) is 33.0. The quantitative estimate of drug-likeness (QED) is 0.0460. The maximum Gasteiger partial charge on any atom is 0.327 e. The second-order valence-corrected chi connectivity index (χ2v) is 24.2. The SMILES string of the molecule is COc1ccc(C2SCC(C(=O)O)N2C(=O)CCS)cc1.N#Cc1ccc(C2SCC(C(=O)O)N2C(=O)CCS)cc1.O=C(O)C1CSC(c2ccc(O)cc2)N1C(=O)CCS.O=C(O)C1CSC(c2ccccc2O)N1C(=O)CCS. The highest BCUT2D eigenvalue weighted by Gasteiger charge is 2.45. The monoisotopic (exact) mass is 1280 g/mol. The number of nitriles is 1. The Kier molecular flexibility index (Phi) is 27.0. The zero-order chi connectivity index (χ0) is 60.2. The van der Waals surface area contributed by atoms with Crippen molar-refractivity contribution in [1.82, 2.24) is 19.6 Å². The van der Waals surface area contributed by atoms with Crippen LogP contribution in [0.25, 0.3) is 0 Å². The van der Waals surface area contributed by atoms with Gasteiger partial charge in [-0.25, -0.2) is 19.2 Å². The van der Waals surface area contributed by atoms with E-state index in [0.29, 0.717) is 57.1 Å². The fourth-order valence-corrected chi connectivity index (χ4v) is 15.3. The van der Waals surface area contributed by atoms with Gasteiger partial charge in [-0.15, -0.1) is 47.0 Å². The fraction of sp³-hybridized carbons (Fsp3) is 0.389. The number of ether oxygens (including phenoxy) is 1. The zero-order valence-corrected chi connectivity index (χ0v) is 50.7. The highest BCUT2D eigenvalue weighted by Crippen LogP contribution is 2.46. The van der Waals surface area contributed by atoms with Gasteiger partial charge in [0.1, 0.15) is 62.9 Å². The van der Waals surface area contributed by atoms with Gasteiger partial charge in [0.05, 0.1) is 18.7 Å². The molecule has 8 rings (SSSR count). The molecule has 28 heteroatoms. The number of aromatic hydroxyl groups is 2. The summed E-state index contributed by atoms with van der Waals surface area (Å²) >= 11 is 21.8. The van der Waals surface area contributed by atoms with Gasteiger partial charge in [-0.3, -0.25) is 19.2 Å². The summed E-state index contributed by atoms with van der Waals surface area (Å²) in [6.45, 7) is 0. The lowest BCUT2D eigenvalue weighted by atomic mass is 10.1. The van der Waals surface area contributed by atoms with E-state index in [2.05, 4.69) is 50.5 Å². The van der Waals surface area contributed by atoms with Gasteiger partial charge < -0.3 is 55.0 Å². The Bertz CT molecular complexity index is 2910. The third kappa shape index (κ3) is 17.5. The van der Waals surface area contributed by atoms with Crippen molar-refractivity contribution in [3.8, 4) is 23.3 Å². The smallest absolute Gasteiger partial charge is 0.327 e. The number of phenols is 2. The zero-order valence-electron chi connectivity index (χ0n) is 43.9. The summed E-state index contributed by atoms with van der Waals surface area (Å²) in [5.74, 6) is -0.950. The van der Waals surface area contributed by atoms with E-state index in [4.69, 9.17) is 10.00 Å². The van der Waals surface area contributed by atoms with Crippen LogP contribution in [0.4, 0.5) is 0 Å². The van der Waals surface area contributed by atoms with E-state index < -0.39 is 53.4 Å². The van der Waals surface area contributed by atoms with Crippen LogP contribution in [0.2, 0.25) is 0 Å². The van der Waals surface area contributed by atoms with Crippen LogP contribution in [-0.4, -0.2) is 175 Å². The van der Waals surface area contributed by atoms with Gasteiger partial charge in [-0.05, 0) is 82.2 Å². The summed E-state index contributed by atoms with van der Waals surface area (Å²) < 4.78 is 5.11. The van der Waals surface area contributed by atoms with E-state index in [1.807, 2.05) is 30.3 Å². The van der Waals surface area contributed by atoms with Crippen LogP contribution in [0.15, 0.2) is 97.1 Å². The molecule has 20 nitrogen and oxygen atoms in total. The molecular weight excluding hydrogens is 1220 g/mol. The molecule has 8 unspecified atom stereocenters. The third-order valence-electron chi connectivity index (χ3n) is 12.7. The second-order valence-electron chi connectivity index (χ2n) is 17.9. The van der Waals surface area contributed by atoms with E-state index in [1.54, 1.807) is 61.7 Å². The van der Waals surface area contributed by atoms with Crippen LogP contribution in [0.5, 0.6) is 17.2 Å². The normalized spacial score (nSPS) is 21.6. The maximum absolute atomic E-state index is 12.2. The predicted octanol–water partition coefficient (Wildman–Crippen LogP) is 7.43. The predicted molar refractivity (Wildman–Crippen MR) is 328 cm³/mol. The molecule has 8 atom stereocenters. The Hall–Kier alpha value is -5.67. The molecule has 0 bridgehead atoms. The number of carboxylic acid groups (broad SMARTS) is 4. The number of amides is 4. The lowest BCUT2D eigenvalue weighted by molar-refractivity contribution is -0.149. The third-order valence-corrected chi connectivity index (χ3v) is 18.9. The molecule has 4 aliphatic rings. The summed E-state index contributed by atoms with van der Waals surface area (Å²) in [5, 5.41) is 63.7. The minimum absolute atomic E-state index is 0.0692. The van der Waals surface area contributed by atoms with Gasteiger partial charge in [0, 0.05) is 54.3 Å². The Morgan fingerprint density at radius 1 is 0.488 bits per heavy atom. The lowest BCUT2D eigenvalue weighted by Gasteiger charge is -2.27. The fourth-order valence-electron chi connectivity index (χ4n) is 8.74. The van der Waals surface area contributed by atoms with Gasteiger partial charge in [-0.2, -0.15) is 55.8 Å². The Balaban J connectivity index is 0.000000200. The molecule has 82 heavy (non-hydrogen) atoms. The lowest BCUT2D eigenvalue weighted by Crippen LogP contribution is -2.43. The first kappa shape index (κ1) is 67.1. The Morgan fingerprint density at radius 3 is 1.10 bits per heavy atom. The van der Waals surface area contributed by atoms with E-state index in [-0.39, 0.29) is 76.9 Å². The number of nitrogens with zero attached hydrogens (tertiary/aromatic N) is 5. The van der Waals surface area contributed by atoms with Gasteiger partial charge in [0.2, 0.25) is 23.6 Å². The number of carboxylic acids is 4. The van der Waals surface area contributed by atoms with Crippen molar-refractivity contribution >= 4 is 145 Å². The highest BCUT2D eigenvalue weighted by molar-refractivity contribution is 8.00. The topological polar surface area (TPSA) is 304 Å². The van der Waals surface area contributed by atoms with Crippen LogP contribution < -0.4 is 4.74 Å². The first-order valence-corrected chi connectivity index (χ1v) is 31.8. The van der Waals surface area contributed by atoms with Gasteiger partial charge in [0.25, 0.3) is 0 Å². The minimum Gasteiger partial charge on any atom is -0.508 e. The van der Waals surface area contributed by atoms with E-state index in [9.17, 15) is 69.0 Å². The van der Waals surface area contributed by atoms with Crippen LogP contribution in [0, 0.1) is 11.3 Å². The molecule has 4 amide bonds. The number of hydrogen-bond acceptors (Lipinski definition) is 20. The van der Waals surface area contributed by atoms with Crippen molar-refractivity contribution in [1.29, 1.82) is 5.26 Å². The number of phenolic OH excluding ortho intramolecular Hbond substituents is 2. The number of hydrogen-bond donors (Lipinski definition) is 10. The van der Waals surface area contributed by atoms with Crippen LogP contribution in [0.3, 0.4) is 0 Å². The Labute approximate surface area is 512 Å². The van der Waals surface area contributed by atoms with E-state index in [1.165, 1.54) is 84.8 Å². The molecule has 0 aliphatic carbocycles. The van der Waals surface area contributed by atoms with Gasteiger partial charge >= 0.3 is 23.9 Å². The summed E-state index contributed by atoms with van der Waals surface area (Å²) in [5.41, 5.74) is 3.63. The van der Waals surface area contributed by atoms with Crippen LogP contribution >= 0.6 is 97.6 Å². The average molecular weight is 1280 g/mol. The Morgan fingerprint density at radius 2 is 0.793 bits per heavy atom. The first-order chi connectivity index (χ1) is 39.3. The number of benzene rings is 4. The van der Waals surface area contributed by atoms with E-state index >= 15 is 0 Å². The molecule has 4 heterocycles. The van der Waals surface area contributed by atoms with Crippen molar-refractivity contribution in [2.75, 3.05) is 53.1 Å². The summed E-state index contributed by atoms with van der Waals surface area (Å²) in [7, 11) is 1.59. The number of thioether (sulfide) groups is 4. The van der Waals surface area contributed by atoms with Crippen molar-refractivity contribution in [2.45, 2.75) is 71.3 Å². The average Bonchev–Trinajstić information content (AvgIpc) is 4.17. The molecular formula is C54H61N5O15S8. The molecule has 0 radical (unpaired) electrons. The number of aliphatic carboxylic acids is 4. The number of thiol groups is 4. The molecule has 0 aromatic heterocycles. The van der Waals surface area contributed by atoms with Crippen molar-refractivity contribution in [3.63, 3.8) is 0 Å². The maximum atomic E-state index is 12.2. The standard InChI is InChI=1S/C14H14N2O3S2.C14H17NO4S2.2C13H15NO4S2/c15-7-9-1-3-10(4-2-9)13-16(12(17)5-6-20)11(8-21-13)14(18)19;1-19-10-4-2-9(3-5-10)13-15(12(16)6-7-20)11(8-21-13)14(17)18;15-9-3-1-8(2-4-9)12-14(11(16)5-6-19)10(7-20-12)13(17)18;15-10-4-2-1-3-8(10)12-14(11(16)5-6-19)9(7-20-12)13(17)18/h1-4,11,13,20H,5-6,8H2,(H,18,19);2-5,11,13,20H,6-8H2,1H3,(H,17,18);1-4,10,12,15,19H,5-7H2,(H,17,18);1-4,9,12,15,19H,5-7H2,(H,17,18). The van der Waals surface area contributed by atoms with Crippen LogP contribution in [0.1, 0.15) is 75.0 Å². The number of carbonyl (C=O) groups is 8. The van der Waals surface area contributed by atoms with Crippen LogP contribution in [-0.2, 0) is 38.4 Å². The number of methoxy groups -OCH3 is 1. The summed E-state index contributed by atoms with van der Waals surface area (Å²) in [6.07, 6.45) is 0.833. The molecule has 6 N–H and O–H groups in total. The molecule has 0 spiro atoms. The van der Waals surface area contributed by atoms with Crippen molar-refractivity contribution in [2.24, 2.45) is 0 Å². The molecule has 4 aromatic carbocycles. The van der Waals surface area contributed by atoms with Gasteiger partial charge in [-0.1, -0.05) is 54.6 Å². The number of carbonyl (C=O) groups excluding carboxylic acids is 4. The molecule has 4 aliphatic heterocycles. The first-order valence-electron chi connectivity index (χ1n) is 25.0. The molecule has 4 aromatic rings. The molecule has 4 saturated heterocycles. The van der Waals surface area contributed by atoms with Gasteiger partial charge in [0.15, 0.2) is 0 Å². The number of rotatable bonds is 17. The van der Waals surface area contributed by atoms with Crippen molar-refractivity contribution in [3.05, 3.63) is 125 Å². The summed E-state index contributed by atoms with van der Waals surface area (Å²) in [4.78, 5) is 99.7. The minimum atomic E-state index is -1.03. The highest BCUT2D eigenvalue weighted by atomic mass is 32.2. The largest absolute Gasteiger partial charge is 0.508 e. The molecule has 0 saturated carbocycles. The summed E-state index contributed by atoms with van der Waals surface area (Å²) in [6, 6.07) is 26.1. The molecule has 4 fully saturated rings.